The number of benzene rings is 1. The molecule has 1 aliphatic heterocycles. The summed E-state index contributed by atoms with van der Waals surface area (Å²) in [7, 11) is -2.36. The van der Waals surface area contributed by atoms with Crippen LogP contribution < -0.4 is 10.0 Å². The Morgan fingerprint density at radius 3 is 2.67 bits per heavy atom. The quantitative estimate of drug-likeness (QED) is 0.435. The maximum Gasteiger partial charge on any atom is 0.287 e. The van der Waals surface area contributed by atoms with Crippen molar-refractivity contribution < 1.29 is 18.1 Å². The Morgan fingerprint density at radius 1 is 1.29 bits per heavy atom. The predicted octanol–water partition coefficient (Wildman–Crippen LogP) is 1.32. The van der Waals surface area contributed by atoms with Gasteiger partial charge in [0.2, 0.25) is 10.0 Å². The summed E-state index contributed by atoms with van der Waals surface area (Å²) >= 11 is 0. The van der Waals surface area contributed by atoms with Crippen LogP contribution in [0.2, 0.25) is 0 Å². The molecule has 0 saturated carbocycles. The second-order valence-corrected chi connectivity index (χ2v) is 6.88. The summed E-state index contributed by atoms with van der Waals surface area (Å²) in [6, 6.07) is 5.54. The van der Waals surface area contributed by atoms with E-state index in [1.807, 2.05) is 0 Å². The minimum Gasteiger partial charge on any atom is -0.356 e. The van der Waals surface area contributed by atoms with E-state index < -0.39 is 20.9 Å². The average molecular weight is 348 g/mol. The van der Waals surface area contributed by atoms with Crippen LogP contribution in [-0.4, -0.2) is 31.3 Å². The number of carbonyl (C=O) groups is 1. The third-order valence-electron chi connectivity index (χ3n) is 3.55. The van der Waals surface area contributed by atoms with E-state index in [4.69, 9.17) is 0 Å². The fourth-order valence-corrected chi connectivity index (χ4v) is 3.10. The topological polar surface area (TPSA) is 134 Å². The lowest BCUT2D eigenvalue weighted by Gasteiger charge is -2.05. The van der Waals surface area contributed by atoms with Gasteiger partial charge in [-0.1, -0.05) is 0 Å². The van der Waals surface area contributed by atoms with Gasteiger partial charge in [-0.05, 0) is 31.3 Å². The first-order chi connectivity index (χ1) is 11.3. The van der Waals surface area contributed by atoms with E-state index in [9.17, 15) is 23.3 Å². The zero-order valence-electron chi connectivity index (χ0n) is 12.4. The molecule has 0 fully saturated rings. The highest BCUT2D eigenvalue weighted by Gasteiger charge is 2.26. The number of fused-ring (bicyclic) bond motifs is 1. The van der Waals surface area contributed by atoms with Gasteiger partial charge in [-0.15, -0.1) is 0 Å². The van der Waals surface area contributed by atoms with Crippen molar-refractivity contribution in [3.05, 3.63) is 51.8 Å². The van der Waals surface area contributed by atoms with Gasteiger partial charge in [0.15, 0.2) is 0 Å². The molecule has 2 heterocycles. The van der Waals surface area contributed by atoms with Gasteiger partial charge in [-0.3, -0.25) is 14.9 Å². The Hall–Kier alpha value is -2.98. The lowest BCUT2D eigenvalue weighted by atomic mass is 10.1. The Labute approximate surface area is 136 Å². The smallest absolute Gasteiger partial charge is 0.287 e. The number of nitrogens with zero attached hydrogens (tertiary/aromatic N) is 1. The SMILES string of the molecule is CNS(=O)(=O)c1ccc2c(c1)/C(=C/c1cc([N+](=O)[O-])c[nH]1)C(=O)N2. The van der Waals surface area contributed by atoms with Crippen LogP contribution in [-0.2, 0) is 14.8 Å². The number of aromatic nitrogens is 1. The number of sulfonamides is 1. The zero-order valence-corrected chi connectivity index (χ0v) is 13.2. The number of nitro groups is 1. The Balaban J connectivity index is 2.08. The van der Waals surface area contributed by atoms with Gasteiger partial charge in [0.05, 0.1) is 21.6 Å². The molecule has 24 heavy (non-hydrogen) atoms. The molecular formula is C14H12N4O5S. The first-order valence-corrected chi connectivity index (χ1v) is 8.24. The van der Waals surface area contributed by atoms with E-state index in [2.05, 4.69) is 15.0 Å². The van der Waals surface area contributed by atoms with Gasteiger partial charge >= 0.3 is 0 Å². The van der Waals surface area contributed by atoms with Crippen LogP contribution in [0.15, 0.2) is 35.4 Å². The molecule has 0 unspecified atom stereocenters. The molecule has 9 nitrogen and oxygen atoms in total. The van der Waals surface area contributed by atoms with E-state index in [1.54, 1.807) is 0 Å². The predicted molar refractivity (Wildman–Crippen MR) is 86.6 cm³/mol. The average Bonchev–Trinajstić information content (AvgIpc) is 3.13. The summed E-state index contributed by atoms with van der Waals surface area (Å²) in [5.74, 6) is -0.416. The van der Waals surface area contributed by atoms with Crippen molar-refractivity contribution in [1.29, 1.82) is 0 Å². The second kappa shape index (κ2) is 5.58. The van der Waals surface area contributed by atoms with Crippen LogP contribution in [0.25, 0.3) is 11.6 Å². The molecule has 10 heteroatoms. The summed E-state index contributed by atoms with van der Waals surface area (Å²) in [5.41, 5.74) is 1.33. The Bertz CT molecular complexity index is 990. The second-order valence-electron chi connectivity index (χ2n) is 5.00. The minimum atomic E-state index is -3.65. The van der Waals surface area contributed by atoms with Gasteiger partial charge in [0.1, 0.15) is 0 Å². The molecule has 3 N–H and O–H groups in total. The summed E-state index contributed by atoms with van der Waals surface area (Å²) in [4.78, 5) is 25.0. The lowest BCUT2D eigenvalue weighted by molar-refractivity contribution is -0.384. The minimum absolute atomic E-state index is 0.0172. The molecule has 1 aliphatic rings. The summed E-state index contributed by atoms with van der Waals surface area (Å²) in [5, 5.41) is 13.3. The van der Waals surface area contributed by atoms with Crippen LogP contribution in [0.4, 0.5) is 11.4 Å². The first kappa shape index (κ1) is 15.9. The van der Waals surface area contributed by atoms with Gasteiger partial charge in [0.25, 0.3) is 11.6 Å². The van der Waals surface area contributed by atoms with Gasteiger partial charge in [-0.2, -0.15) is 0 Å². The van der Waals surface area contributed by atoms with Gasteiger partial charge in [0, 0.05) is 23.0 Å². The monoisotopic (exact) mass is 348 g/mol. The number of hydrogen-bond acceptors (Lipinski definition) is 5. The molecule has 0 bridgehead atoms. The van der Waals surface area contributed by atoms with Crippen LogP contribution in [0.1, 0.15) is 11.3 Å². The molecule has 0 aliphatic carbocycles. The normalized spacial score (nSPS) is 15.4. The largest absolute Gasteiger partial charge is 0.356 e. The molecular weight excluding hydrogens is 336 g/mol. The number of rotatable bonds is 4. The highest BCUT2D eigenvalue weighted by molar-refractivity contribution is 7.89. The van der Waals surface area contributed by atoms with Crippen LogP contribution >= 0.6 is 0 Å². The molecule has 0 atom stereocenters. The highest BCUT2D eigenvalue weighted by atomic mass is 32.2. The van der Waals surface area contributed by atoms with E-state index in [-0.39, 0.29) is 16.2 Å². The van der Waals surface area contributed by atoms with E-state index in [0.29, 0.717) is 16.9 Å². The van der Waals surface area contributed by atoms with Crippen molar-refractivity contribution >= 4 is 39.0 Å². The highest BCUT2D eigenvalue weighted by Crippen LogP contribution is 2.34. The molecule has 0 spiro atoms. The molecule has 0 radical (unpaired) electrons. The fraction of sp³-hybridized carbons (Fsp3) is 0.0714. The number of H-pyrrole nitrogens is 1. The third kappa shape index (κ3) is 2.68. The van der Waals surface area contributed by atoms with Crippen molar-refractivity contribution in [3.63, 3.8) is 0 Å². The molecule has 3 rings (SSSR count). The maximum atomic E-state index is 12.1. The lowest BCUT2D eigenvalue weighted by Crippen LogP contribution is -2.18. The van der Waals surface area contributed by atoms with Crippen LogP contribution in [0, 0.1) is 10.1 Å². The van der Waals surface area contributed by atoms with Gasteiger partial charge < -0.3 is 10.3 Å². The molecule has 1 amide bonds. The van der Waals surface area contributed by atoms with Crippen molar-refractivity contribution in [1.82, 2.24) is 9.71 Å². The number of amides is 1. The first-order valence-electron chi connectivity index (χ1n) is 6.75. The van der Waals surface area contributed by atoms with Crippen molar-refractivity contribution in [2.24, 2.45) is 0 Å². The van der Waals surface area contributed by atoms with Crippen molar-refractivity contribution in [3.8, 4) is 0 Å². The summed E-state index contributed by atoms with van der Waals surface area (Å²) in [6.45, 7) is 0. The van der Waals surface area contributed by atoms with E-state index >= 15 is 0 Å². The standard InChI is InChI=1S/C14H12N4O5S/c1-15-24(22,23)10-2-3-13-11(6-10)12(14(19)17-13)5-8-4-9(7-16-8)18(20)21/h2-7,15-16H,1H3,(H,17,19)/b12-5-. The number of hydrogen-bond donors (Lipinski definition) is 3. The molecule has 2 aromatic rings. The molecule has 0 saturated heterocycles. The molecule has 124 valence electrons. The van der Waals surface area contributed by atoms with Crippen LogP contribution in [0.5, 0.6) is 0 Å². The van der Waals surface area contributed by atoms with Crippen molar-refractivity contribution in [2.75, 3.05) is 12.4 Å². The molecule has 1 aromatic heterocycles. The van der Waals surface area contributed by atoms with Crippen LogP contribution in [0.3, 0.4) is 0 Å². The van der Waals surface area contributed by atoms with E-state index in [1.165, 1.54) is 43.6 Å². The molecule has 1 aromatic carbocycles. The number of aromatic amines is 1. The van der Waals surface area contributed by atoms with Crippen molar-refractivity contribution in [2.45, 2.75) is 4.90 Å². The number of nitrogens with one attached hydrogen (secondary N) is 3. The third-order valence-corrected chi connectivity index (χ3v) is 4.97. The van der Waals surface area contributed by atoms with E-state index in [0.717, 1.165) is 0 Å². The maximum absolute atomic E-state index is 12.1. The Morgan fingerprint density at radius 2 is 2.04 bits per heavy atom. The summed E-state index contributed by atoms with van der Waals surface area (Å²) in [6.07, 6.45) is 2.64. The number of anilines is 1. The van der Waals surface area contributed by atoms with Gasteiger partial charge in [-0.25, -0.2) is 13.1 Å². The Kier molecular flexibility index (Phi) is 3.70. The zero-order chi connectivity index (χ0) is 17.5. The summed E-state index contributed by atoms with van der Waals surface area (Å²) < 4.78 is 26.0. The number of carbonyl (C=O) groups excluding carboxylic acids is 1. The fourth-order valence-electron chi connectivity index (χ4n) is 2.34.